The number of esters is 1. The van der Waals surface area contributed by atoms with Crippen molar-refractivity contribution in [3.05, 3.63) is 0 Å². The monoisotopic (exact) mass is 187 g/mol. The summed E-state index contributed by atoms with van der Waals surface area (Å²) in [5, 5.41) is 2.86. The molecule has 1 aliphatic carbocycles. The second kappa shape index (κ2) is 5.19. The van der Waals surface area contributed by atoms with Crippen molar-refractivity contribution in [2.24, 2.45) is 0 Å². The second-order valence-electron chi connectivity index (χ2n) is 3.25. The van der Waals surface area contributed by atoms with E-state index in [1.807, 2.05) is 0 Å². The fourth-order valence-electron chi connectivity index (χ4n) is 1.18. The van der Waals surface area contributed by atoms with Gasteiger partial charge in [0.1, 0.15) is 6.04 Å². The van der Waals surface area contributed by atoms with Crippen molar-refractivity contribution in [3.8, 4) is 0 Å². The molecule has 4 nitrogen and oxygen atoms in total. The van der Waals surface area contributed by atoms with Crippen LogP contribution in [-0.4, -0.2) is 38.9 Å². The summed E-state index contributed by atoms with van der Waals surface area (Å²) in [6.45, 7) is 0.411. The van der Waals surface area contributed by atoms with Crippen molar-refractivity contribution in [1.82, 2.24) is 5.32 Å². The molecule has 1 atom stereocenters. The van der Waals surface area contributed by atoms with E-state index in [4.69, 9.17) is 4.74 Å². The van der Waals surface area contributed by atoms with Crippen molar-refractivity contribution in [3.63, 3.8) is 0 Å². The Morgan fingerprint density at radius 1 is 1.62 bits per heavy atom. The predicted molar refractivity (Wildman–Crippen MR) is 48.5 cm³/mol. The summed E-state index contributed by atoms with van der Waals surface area (Å²) >= 11 is 0. The predicted octanol–water partition coefficient (Wildman–Crippen LogP) is 0.316. The lowest BCUT2D eigenvalue weighted by molar-refractivity contribution is -0.145. The van der Waals surface area contributed by atoms with Crippen LogP contribution < -0.4 is 5.32 Å². The molecule has 1 aliphatic rings. The van der Waals surface area contributed by atoms with Crippen molar-refractivity contribution < 1.29 is 14.3 Å². The van der Waals surface area contributed by atoms with Crippen LogP contribution in [0.15, 0.2) is 0 Å². The normalized spacial score (nSPS) is 19.2. The maximum atomic E-state index is 11.1. The van der Waals surface area contributed by atoms with Crippen LogP contribution in [0.3, 0.4) is 0 Å². The average molecular weight is 187 g/mol. The molecule has 1 rings (SSSR count). The van der Waals surface area contributed by atoms with Gasteiger partial charge in [0.2, 0.25) is 0 Å². The highest BCUT2D eigenvalue weighted by Crippen LogP contribution is 2.21. The fraction of sp³-hybridized carbons (Fsp3) is 0.889. The van der Waals surface area contributed by atoms with Crippen LogP contribution >= 0.6 is 0 Å². The Morgan fingerprint density at radius 2 is 2.31 bits per heavy atom. The molecule has 1 unspecified atom stereocenters. The summed E-state index contributed by atoms with van der Waals surface area (Å²) in [6.07, 6.45) is 3.85. The van der Waals surface area contributed by atoms with Gasteiger partial charge in [0, 0.05) is 0 Å². The van der Waals surface area contributed by atoms with E-state index in [1.54, 1.807) is 7.05 Å². The summed E-state index contributed by atoms with van der Waals surface area (Å²) in [5.41, 5.74) is 0. The Labute approximate surface area is 78.6 Å². The van der Waals surface area contributed by atoms with Crippen molar-refractivity contribution in [2.45, 2.75) is 31.4 Å². The Kier molecular flexibility index (Phi) is 4.18. The first-order valence-corrected chi connectivity index (χ1v) is 4.64. The van der Waals surface area contributed by atoms with Crippen molar-refractivity contribution in [1.29, 1.82) is 0 Å². The number of ether oxygens (including phenoxy) is 2. The number of hydrogen-bond donors (Lipinski definition) is 1. The molecule has 0 saturated heterocycles. The molecular weight excluding hydrogens is 170 g/mol. The van der Waals surface area contributed by atoms with Gasteiger partial charge < -0.3 is 14.8 Å². The molecule has 0 aromatic rings. The fourth-order valence-corrected chi connectivity index (χ4v) is 1.18. The van der Waals surface area contributed by atoms with Gasteiger partial charge in [-0.05, 0) is 26.3 Å². The van der Waals surface area contributed by atoms with Gasteiger partial charge in [0.15, 0.2) is 0 Å². The van der Waals surface area contributed by atoms with Gasteiger partial charge in [-0.15, -0.1) is 0 Å². The number of hydrogen-bond acceptors (Lipinski definition) is 4. The number of likely N-dealkylation sites (N-methyl/N-ethyl adjacent to an activating group) is 1. The zero-order valence-corrected chi connectivity index (χ0v) is 8.21. The Morgan fingerprint density at radius 3 is 2.69 bits per heavy atom. The molecule has 0 aromatic heterocycles. The molecule has 0 aliphatic heterocycles. The lowest BCUT2D eigenvalue weighted by atomic mass is 9.96. The summed E-state index contributed by atoms with van der Waals surface area (Å²) < 4.78 is 10.1. The lowest BCUT2D eigenvalue weighted by Gasteiger charge is -2.27. The van der Waals surface area contributed by atoms with Gasteiger partial charge in [-0.1, -0.05) is 0 Å². The molecule has 0 radical (unpaired) electrons. The van der Waals surface area contributed by atoms with E-state index >= 15 is 0 Å². The molecule has 0 heterocycles. The van der Waals surface area contributed by atoms with Crippen LogP contribution in [0, 0.1) is 0 Å². The number of methoxy groups -OCH3 is 1. The Bertz CT molecular complexity index is 168. The molecule has 0 bridgehead atoms. The lowest BCUT2D eigenvalue weighted by Crippen LogP contribution is -2.41. The Hall–Kier alpha value is -0.610. The zero-order chi connectivity index (χ0) is 9.68. The van der Waals surface area contributed by atoms with Crippen LogP contribution in [0.1, 0.15) is 19.3 Å². The topological polar surface area (TPSA) is 47.6 Å². The zero-order valence-electron chi connectivity index (χ0n) is 8.21. The SMILES string of the molecule is CNC(COC1CCC1)C(=O)OC. The highest BCUT2D eigenvalue weighted by atomic mass is 16.5. The van der Waals surface area contributed by atoms with E-state index in [2.05, 4.69) is 10.1 Å². The summed E-state index contributed by atoms with van der Waals surface area (Å²) in [7, 11) is 3.11. The molecule has 1 fully saturated rings. The first-order valence-electron chi connectivity index (χ1n) is 4.64. The first-order chi connectivity index (χ1) is 6.27. The standard InChI is InChI=1S/C9H17NO3/c1-10-8(9(11)12-2)6-13-7-4-3-5-7/h7-8,10H,3-6H2,1-2H3. The van der Waals surface area contributed by atoms with E-state index in [0.717, 1.165) is 12.8 Å². The summed E-state index contributed by atoms with van der Waals surface area (Å²) in [5.74, 6) is -0.262. The first kappa shape index (κ1) is 10.5. The second-order valence-corrected chi connectivity index (χ2v) is 3.25. The van der Waals surface area contributed by atoms with E-state index in [0.29, 0.717) is 12.7 Å². The van der Waals surface area contributed by atoms with Crippen molar-refractivity contribution in [2.75, 3.05) is 20.8 Å². The third-order valence-corrected chi connectivity index (χ3v) is 2.38. The van der Waals surface area contributed by atoms with Gasteiger partial charge in [-0.2, -0.15) is 0 Å². The van der Waals surface area contributed by atoms with E-state index in [-0.39, 0.29) is 12.0 Å². The molecule has 0 amide bonds. The maximum Gasteiger partial charge on any atom is 0.325 e. The molecule has 13 heavy (non-hydrogen) atoms. The summed E-state index contributed by atoms with van der Waals surface area (Å²) in [6, 6.07) is -0.328. The van der Waals surface area contributed by atoms with Gasteiger partial charge >= 0.3 is 5.97 Å². The number of nitrogens with one attached hydrogen (secondary N) is 1. The van der Waals surface area contributed by atoms with Gasteiger partial charge in [0.05, 0.1) is 19.8 Å². The Balaban J connectivity index is 2.18. The number of carbonyl (C=O) groups excluding carboxylic acids is 1. The molecule has 4 heteroatoms. The third-order valence-electron chi connectivity index (χ3n) is 2.38. The van der Waals surface area contributed by atoms with Crippen molar-refractivity contribution >= 4 is 5.97 Å². The van der Waals surface area contributed by atoms with E-state index < -0.39 is 0 Å². The molecule has 1 saturated carbocycles. The molecular formula is C9H17NO3. The van der Waals surface area contributed by atoms with Crippen LogP contribution in [0.4, 0.5) is 0 Å². The highest BCUT2D eigenvalue weighted by Gasteiger charge is 2.22. The largest absolute Gasteiger partial charge is 0.468 e. The van der Waals surface area contributed by atoms with Gasteiger partial charge in [-0.3, -0.25) is 4.79 Å². The van der Waals surface area contributed by atoms with E-state index in [1.165, 1.54) is 13.5 Å². The van der Waals surface area contributed by atoms with E-state index in [9.17, 15) is 4.79 Å². The van der Waals surface area contributed by atoms with Gasteiger partial charge in [0.25, 0.3) is 0 Å². The molecule has 0 spiro atoms. The van der Waals surface area contributed by atoms with Gasteiger partial charge in [-0.25, -0.2) is 0 Å². The minimum absolute atomic E-state index is 0.262. The molecule has 1 N–H and O–H groups in total. The minimum atomic E-state index is -0.328. The molecule has 76 valence electrons. The third kappa shape index (κ3) is 2.97. The van der Waals surface area contributed by atoms with Crippen LogP contribution in [-0.2, 0) is 14.3 Å². The minimum Gasteiger partial charge on any atom is -0.468 e. The van der Waals surface area contributed by atoms with Crippen LogP contribution in [0.2, 0.25) is 0 Å². The smallest absolute Gasteiger partial charge is 0.325 e. The molecule has 0 aromatic carbocycles. The number of carbonyl (C=O) groups is 1. The average Bonchev–Trinajstić information content (AvgIpc) is 2.08. The summed E-state index contributed by atoms with van der Waals surface area (Å²) in [4.78, 5) is 11.1. The maximum absolute atomic E-state index is 11.1. The number of rotatable bonds is 5. The van der Waals surface area contributed by atoms with Crippen LogP contribution in [0.5, 0.6) is 0 Å². The highest BCUT2D eigenvalue weighted by molar-refractivity contribution is 5.75. The van der Waals surface area contributed by atoms with Crippen LogP contribution in [0.25, 0.3) is 0 Å². The quantitative estimate of drug-likeness (QED) is 0.629.